The molecule has 5 atom stereocenters. The third kappa shape index (κ3) is 19.9. The second-order valence-corrected chi connectivity index (χ2v) is 17.4. The molecule has 59 heavy (non-hydrogen) atoms. The van der Waals surface area contributed by atoms with Crippen molar-refractivity contribution in [1.82, 2.24) is 19.5 Å². The van der Waals surface area contributed by atoms with E-state index >= 15 is 4.39 Å². The van der Waals surface area contributed by atoms with Gasteiger partial charge in [0.15, 0.2) is 23.9 Å². The maximum atomic E-state index is 15.3. The molecule has 18 heteroatoms. The van der Waals surface area contributed by atoms with Gasteiger partial charge in [0.25, 0.3) is 0 Å². The molecule has 4 N–H and O–H groups in total. The van der Waals surface area contributed by atoms with Gasteiger partial charge in [-0.1, -0.05) is 142 Å². The fraction of sp³-hybridized carbons (Fsp3) is 0.829. The lowest BCUT2D eigenvalue weighted by atomic mass is 10.1. The number of anilines is 1. The fourth-order valence-electron chi connectivity index (χ4n) is 7.04. The maximum Gasteiger partial charge on any atom is 0.472 e. The number of hydrogen-bond acceptors (Lipinski definition) is 13. The van der Waals surface area contributed by atoms with E-state index in [0.717, 1.165) is 38.5 Å². The molecule has 15 nitrogen and oxygen atoms in total. The van der Waals surface area contributed by atoms with E-state index in [1.54, 1.807) is 0 Å². The van der Waals surface area contributed by atoms with Crippen LogP contribution in [-0.2, 0) is 37.4 Å². The van der Waals surface area contributed by atoms with Gasteiger partial charge >= 0.3 is 19.8 Å². The van der Waals surface area contributed by atoms with Crippen molar-refractivity contribution in [1.29, 1.82) is 0 Å². The van der Waals surface area contributed by atoms with Gasteiger partial charge in [-0.3, -0.25) is 23.2 Å². The van der Waals surface area contributed by atoms with Crippen molar-refractivity contribution in [2.75, 3.05) is 25.6 Å². The first-order valence-electron chi connectivity index (χ1n) is 22.1. The quantitative estimate of drug-likeness (QED) is 0.0259. The minimum absolute atomic E-state index is 0.0416. The van der Waals surface area contributed by atoms with Crippen LogP contribution in [0.25, 0.3) is 11.2 Å². The molecule has 0 radical (unpaired) electrons. The number of unbranched alkanes of at least 4 members (excludes halogenated alkanes) is 20. The number of phosphoric ester groups is 1. The third-order valence-electron chi connectivity index (χ3n) is 10.5. The maximum absolute atomic E-state index is 15.3. The van der Waals surface area contributed by atoms with Crippen LogP contribution in [-0.4, -0.2) is 85.8 Å². The smallest absolute Gasteiger partial charge is 0.463 e. The van der Waals surface area contributed by atoms with Gasteiger partial charge in [-0.2, -0.15) is 9.97 Å². The summed E-state index contributed by atoms with van der Waals surface area (Å²) < 4.78 is 56.4. The van der Waals surface area contributed by atoms with Gasteiger partial charge in [0, 0.05) is 12.8 Å². The van der Waals surface area contributed by atoms with Gasteiger partial charge in [0.2, 0.25) is 5.28 Å². The number of carbonyl (C=O) groups is 2. The summed E-state index contributed by atoms with van der Waals surface area (Å²) in [4.78, 5) is 47.8. The molecule has 0 bridgehead atoms. The number of halogens is 2. The Bertz CT molecular complexity index is 1500. The lowest BCUT2D eigenvalue weighted by molar-refractivity contribution is -0.152. The summed E-state index contributed by atoms with van der Waals surface area (Å²) >= 11 is 5.92. The molecule has 338 valence electrons. The van der Waals surface area contributed by atoms with Crippen LogP contribution in [0.2, 0.25) is 5.28 Å². The Balaban J connectivity index is 1.46. The van der Waals surface area contributed by atoms with Crippen molar-refractivity contribution in [2.45, 2.75) is 199 Å². The van der Waals surface area contributed by atoms with Crippen LogP contribution >= 0.6 is 19.4 Å². The Labute approximate surface area is 354 Å². The predicted octanol–water partition coefficient (Wildman–Crippen LogP) is 9.65. The number of aliphatic hydroxyl groups is 1. The second-order valence-electron chi connectivity index (χ2n) is 15.6. The van der Waals surface area contributed by atoms with Crippen LogP contribution < -0.4 is 5.73 Å². The molecule has 1 aliphatic heterocycles. The molecule has 0 aliphatic carbocycles. The highest BCUT2D eigenvalue weighted by Crippen LogP contribution is 2.46. The molecule has 0 aromatic carbocycles. The fourth-order valence-corrected chi connectivity index (χ4v) is 8.11. The van der Waals surface area contributed by atoms with E-state index in [9.17, 15) is 24.2 Å². The minimum Gasteiger partial charge on any atom is -0.463 e. The Morgan fingerprint density at radius 2 is 1.29 bits per heavy atom. The van der Waals surface area contributed by atoms with E-state index in [1.807, 2.05) is 0 Å². The molecule has 3 heterocycles. The van der Waals surface area contributed by atoms with E-state index < -0.39 is 70.3 Å². The van der Waals surface area contributed by atoms with Crippen molar-refractivity contribution >= 4 is 48.3 Å². The van der Waals surface area contributed by atoms with Crippen molar-refractivity contribution in [3.05, 3.63) is 11.6 Å². The van der Waals surface area contributed by atoms with Crippen LogP contribution in [0.15, 0.2) is 6.33 Å². The highest BCUT2D eigenvalue weighted by molar-refractivity contribution is 7.47. The summed E-state index contributed by atoms with van der Waals surface area (Å²) in [7, 11) is -4.97. The van der Waals surface area contributed by atoms with Gasteiger partial charge in [0.05, 0.1) is 12.9 Å². The standard InChI is InChI=1S/C41H70ClFN5O10P/c1-3-5-7-9-11-13-15-17-19-21-23-25-33(49)54-27-31(28-55-34(50)26-24-22-20-18-16-14-12-10-8-6-4-2)58-59(52,53)56-29-32-37(51)35(43)40(57-32)48-30-45-36-38(44)46-41(42)47-39(36)48/h30-32,35,37,40,51H,3-29H2,1-2H3,(H,52,53)(H2,44,46,47)/t32-,35+,37-,40-/m1/s1. The van der Waals surface area contributed by atoms with Crippen molar-refractivity contribution in [2.24, 2.45) is 0 Å². The molecular formula is C41H70ClFN5O10P. The van der Waals surface area contributed by atoms with E-state index in [0.29, 0.717) is 12.8 Å². The number of nitrogen functional groups attached to an aromatic ring is 1. The van der Waals surface area contributed by atoms with Gasteiger partial charge < -0.3 is 29.9 Å². The van der Waals surface area contributed by atoms with Crippen LogP contribution in [0.1, 0.15) is 174 Å². The summed E-state index contributed by atoms with van der Waals surface area (Å²) in [6.45, 7) is 2.70. The summed E-state index contributed by atoms with van der Waals surface area (Å²) in [5.74, 6) is -1.07. The molecule has 2 aromatic rings. The van der Waals surface area contributed by atoms with Gasteiger partial charge in [-0.15, -0.1) is 0 Å². The Morgan fingerprint density at radius 1 is 0.831 bits per heavy atom. The third-order valence-corrected chi connectivity index (χ3v) is 11.7. The zero-order valence-electron chi connectivity index (χ0n) is 35.3. The molecule has 3 rings (SSSR count). The highest BCUT2D eigenvalue weighted by Gasteiger charge is 2.47. The molecule has 1 unspecified atom stereocenters. The van der Waals surface area contributed by atoms with E-state index in [-0.39, 0.29) is 35.1 Å². The molecule has 1 saturated heterocycles. The SMILES string of the molecule is CCCCCCCCCCCCCC(=O)OCC(COC(=O)CCCCCCCCCCCCC)OP(=O)(O)OC[C@H]1O[C@@H](n2cnc3c(N)nc(Cl)nc32)[C@@H](F)[C@@H]1O. The number of carbonyl (C=O) groups excluding carboxylic acids is 2. The zero-order valence-corrected chi connectivity index (χ0v) is 36.9. The average molecular weight is 878 g/mol. The Hall–Kier alpha value is -2.46. The van der Waals surface area contributed by atoms with Gasteiger partial charge in [0.1, 0.15) is 37.0 Å². The highest BCUT2D eigenvalue weighted by atomic mass is 35.5. The van der Waals surface area contributed by atoms with E-state index in [1.165, 1.54) is 101 Å². The number of rotatable bonds is 34. The summed E-state index contributed by atoms with van der Waals surface area (Å²) in [6.07, 6.45) is 18.4. The van der Waals surface area contributed by atoms with Gasteiger partial charge in [-0.05, 0) is 24.4 Å². The van der Waals surface area contributed by atoms with E-state index in [2.05, 4.69) is 28.8 Å². The number of alkyl halides is 1. The number of ether oxygens (including phenoxy) is 3. The monoisotopic (exact) mass is 877 g/mol. The summed E-state index contributed by atoms with van der Waals surface area (Å²) in [5.41, 5.74) is 6.04. The van der Waals surface area contributed by atoms with Crippen LogP contribution in [0, 0.1) is 0 Å². The average Bonchev–Trinajstić information content (AvgIpc) is 3.75. The number of phosphoric acid groups is 1. The second kappa shape index (κ2) is 29.0. The number of imidazole rings is 1. The Morgan fingerprint density at radius 3 is 1.76 bits per heavy atom. The molecule has 0 saturated carbocycles. The van der Waals surface area contributed by atoms with E-state index in [4.69, 9.17) is 40.6 Å². The van der Waals surface area contributed by atoms with Crippen LogP contribution in [0.5, 0.6) is 0 Å². The number of nitrogens with two attached hydrogens (primary N) is 1. The molecule has 0 spiro atoms. The normalized spacial score (nSPS) is 19.1. The number of aromatic nitrogens is 4. The molecule has 2 aromatic heterocycles. The zero-order chi connectivity index (χ0) is 42.9. The number of hydrogen-bond donors (Lipinski definition) is 3. The number of aliphatic hydroxyl groups excluding tert-OH is 1. The lowest BCUT2D eigenvalue weighted by Gasteiger charge is -2.22. The lowest BCUT2D eigenvalue weighted by Crippen LogP contribution is -2.32. The number of fused-ring (bicyclic) bond motifs is 1. The van der Waals surface area contributed by atoms with Crippen molar-refractivity contribution in [3.8, 4) is 0 Å². The van der Waals surface area contributed by atoms with Crippen LogP contribution in [0.4, 0.5) is 10.2 Å². The number of esters is 2. The topological polar surface area (TPSA) is 207 Å². The first-order chi connectivity index (χ1) is 28.5. The predicted molar refractivity (Wildman–Crippen MR) is 224 cm³/mol. The molecule has 1 fully saturated rings. The van der Waals surface area contributed by atoms with Crippen LogP contribution in [0.3, 0.4) is 0 Å². The summed E-state index contributed by atoms with van der Waals surface area (Å²) in [6, 6.07) is 0. The Kier molecular flexibility index (Phi) is 25.0. The molecular weight excluding hydrogens is 808 g/mol. The first kappa shape index (κ1) is 50.9. The van der Waals surface area contributed by atoms with Gasteiger partial charge in [-0.25, -0.2) is 13.9 Å². The number of nitrogens with zero attached hydrogens (tertiary/aromatic N) is 4. The minimum atomic E-state index is -4.97. The van der Waals surface area contributed by atoms with Crippen molar-refractivity contribution < 1.29 is 51.8 Å². The molecule has 1 aliphatic rings. The molecule has 0 amide bonds. The largest absolute Gasteiger partial charge is 0.472 e. The summed E-state index contributed by atoms with van der Waals surface area (Å²) in [5, 5.41) is 10.4. The first-order valence-corrected chi connectivity index (χ1v) is 23.9. The van der Waals surface area contributed by atoms with Crippen molar-refractivity contribution in [3.63, 3.8) is 0 Å².